The van der Waals surface area contributed by atoms with Crippen LogP contribution in [0.3, 0.4) is 0 Å². The van der Waals surface area contributed by atoms with Gasteiger partial charge >= 0.3 is 0 Å². The van der Waals surface area contributed by atoms with Gasteiger partial charge in [0, 0.05) is 23.6 Å². The number of allylic oxidation sites excluding steroid dienone is 1. The van der Waals surface area contributed by atoms with Crippen LogP contribution < -0.4 is 4.74 Å². The predicted octanol–water partition coefficient (Wildman–Crippen LogP) is 5.18. The molecule has 114 valence electrons. The van der Waals surface area contributed by atoms with Gasteiger partial charge in [-0.2, -0.15) is 0 Å². The maximum Gasteiger partial charge on any atom is 0.149 e. The van der Waals surface area contributed by atoms with E-state index < -0.39 is 0 Å². The summed E-state index contributed by atoms with van der Waals surface area (Å²) in [4.78, 5) is 4.42. The zero-order valence-electron chi connectivity index (χ0n) is 12.3. The Balaban J connectivity index is 1.91. The summed E-state index contributed by atoms with van der Waals surface area (Å²) in [6, 6.07) is 10.3. The Morgan fingerprint density at radius 1 is 1.17 bits per heavy atom. The molecule has 0 bridgehead atoms. The van der Waals surface area contributed by atoms with E-state index in [9.17, 15) is 4.39 Å². The highest BCUT2D eigenvalue weighted by Gasteiger charge is 2.19. The molecule has 0 amide bonds. The Hall–Kier alpha value is -2.39. The first kappa shape index (κ1) is 14.2. The van der Waals surface area contributed by atoms with E-state index in [1.165, 1.54) is 12.1 Å². The van der Waals surface area contributed by atoms with E-state index in [1.54, 1.807) is 12.3 Å². The van der Waals surface area contributed by atoms with Gasteiger partial charge in [-0.1, -0.05) is 24.2 Å². The molecule has 1 aliphatic rings. The molecule has 0 atom stereocenters. The fraction of sp³-hybridized carbons (Fsp3) is 0.105. The van der Waals surface area contributed by atoms with Crippen molar-refractivity contribution in [1.82, 2.24) is 4.98 Å². The number of halogens is 2. The molecule has 4 heteroatoms. The van der Waals surface area contributed by atoms with Crippen molar-refractivity contribution in [2.75, 3.05) is 0 Å². The molecule has 0 radical (unpaired) electrons. The minimum Gasteiger partial charge on any atom is -0.486 e. The number of fused-ring (bicyclic) bond motifs is 4. The van der Waals surface area contributed by atoms with E-state index >= 15 is 0 Å². The molecule has 0 N–H and O–H groups in total. The number of hydrogen-bond donors (Lipinski definition) is 0. The van der Waals surface area contributed by atoms with Crippen molar-refractivity contribution >= 4 is 28.1 Å². The zero-order chi connectivity index (χ0) is 16.0. The Morgan fingerprint density at radius 2 is 2.04 bits per heavy atom. The number of benzene rings is 2. The van der Waals surface area contributed by atoms with E-state index in [0.717, 1.165) is 38.9 Å². The summed E-state index contributed by atoms with van der Waals surface area (Å²) in [7, 11) is 0. The molecule has 0 saturated carbocycles. The number of pyridine rings is 1. The third kappa shape index (κ3) is 2.37. The minimum absolute atomic E-state index is 0.274. The van der Waals surface area contributed by atoms with Crippen molar-refractivity contribution in [2.24, 2.45) is 0 Å². The van der Waals surface area contributed by atoms with Crippen LogP contribution in [0.15, 0.2) is 49.2 Å². The summed E-state index contributed by atoms with van der Waals surface area (Å²) in [5, 5.41) is 1.49. The van der Waals surface area contributed by atoms with Gasteiger partial charge in [-0.15, -0.1) is 0 Å². The van der Waals surface area contributed by atoms with Crippen LogP contribution >= 0.6 is 11.6 Å². The standard InChI is InChI=1S/C19H13ClFNO/c1-11-7-13-8-17(20)15-3-2-6-22-18(15)19(13)23-10-12-4-5-14(21)9-16(11)12/h2-6,8-9H,1,7,10H2. The molecule has 0 fully saturated rings. The van der Waals surface area contributed by atoms with E-state index in [-0.39, 0.29) is 5.82 Å². The number of rotatable bonds is 0. The molecule has 4 rings (SSSR count). The molecule has 1 aliphatic heterocycles. The van der Waals surface area contributed by atoms with Crippen LogP contribution in [0, 0.1) is 5.82 Å². The topological polar surface area (TPSA) is 22.1 Å². The molecule has 0 unspecified atom stereocenters. The highest BCUT2D eigenvalue weighted by atomic mass is 35.5. The van der Waals surface area contributed by atoms with Gasteiger partial charge in [0.25, 0.3) is 0 Å². The van der Waals surface area contributed by atoms with Crippen LogP contribution in [0.4, 0.5) is 4.39 Å². The van der Waals surface area contributed by atoms with E-state index in [2.05, 4.69) is 11.6 Å². The molecule has 0 aliphatic carbocycles. The first-order valence-electron chi connectivity index (χ1n) is 7.29. The molecule has 2 heterocycles. The van der Waals surface area contributed by atoms with Gasteiger partial charge in [-0.3, -0.25) is 4.98 Å². The molecule has 0 spiro atoms. The second-order valence-corrected chi connectivity index (χ2v) is 6.02. The summed E-state index contributed by atoms with van der Waals surface area (Å²) >= 11 is 6.38. The van der Waals surface area contributed by atoms with Crippen molar-refractivity contribution < 1.29 is 9.13 Å². The number of aromatic nitrogens is 1. The maximum absolute atomic E-state index is 13.6. The lowest BCUT2D eigenvalue weighted by Crippen LogP contribution is -2.08. The van der Waals surface area contributed by atoms with Gasteiger partial charge in [0.2, 0.25) is 0 Å². The second-order valence-electron chi connectivity index (χ2n) is 5.62. The average Bonchev–Trinajstić information content (AvgIpc) is 2.54. The maximum atomic E-state index is 13.6. The molecule has 0 saturated heterocycles. The minimum atomic E-state index is -0.274. The zero-order valence-corrected chi connectivity index (χ0v) is 13.0. The lowest BCUT2D eigenvalue weighted by atomic mass is 9.93. The largest absolute Gasteiger partial charge is 0.486 e. The average molecular weight is 326 g/mol. The van der Waals surface area contributed by atoms with E-state index in [4.69, 9.17) is 16.3 Å². The van der Waals surface area contributed by atoms with Crippen LogP contribution in [-0.2, 0) is 13.0 Å². The number of nitrogens with zero attached hydrogens (tertiary/aromatic N) is 1. The predicted molar refractivity (Wildman–Crippen MR) is 90.2 cm³/mol. The summed E-state index contributed by atoms with van der Waals surface area (Å²) in [6.45, 7) is 4.46. The highest BCUT2D eigenvalue weighted by molar-refractivity contribution is 6.35. The summed E-state index contributed by atoms with van der Waals surface area (Å²) < 4.78 is 19.6. The first-order valence-corrected chi connectivity index (χ1v) is 7.67. The summed E-state index contributed by atoms with van der Waals surface area (Å²) in [5.41, 5.74) is 4.22. The van der Waals surface area contributed by atoms with Gasteiger partial charge in [0.1, 0.15) is 23.7 Å². The van der Waals surface area contributed by atoms with Crippen LogP contribution in [0.5, 0.6) is 5.75 Å². The summed E-state index contributed by atoms with van der Waals surface area (Å²) in [6.07, 6.45) is 2.26. The van der Waals surface area contributed by atoms with Gasteiger partial charge < -0.3 is 4.74 Å². The third-order valence-corrected chi connectivity index (χ3v) is 4.41. The highest BCUT2D eigenvalue weighted by Crippen LogP contribution is 2.38. The molecule has 2 nitrogen and oxygen atoms in total. The van der Waals surface area contributed by atoms with Gasteiger partial charge in [0.15, 0.2) is 0 Å². The fourth-order valence-corrected chi connectivity index (χ4v) is 3.28. The summed E-state index contributed by atoms with van der Waals surface area (Å²) in [5.74, 6) is 0.449. The molecule has 1 aromatic heterocycles. The SMILES string of the molecule is C=C1Cc2cc(Cl)c3cccnc3c2OCc2ccc(F)cc21. The number of hydrogen-bond acceptors (Lipinski definition) is 2. The lowest BCUT2D eigenvalue weighted by Gasteiger charge is -2.21. The van der Waals surface area contributed by atoms with Crippen molar-refractivity contribution in [3.05, 3.63) is 76.7 Å². The van der Waals surface area contributed by atoms with Crippen LogP contribution in [0.25, 0.3) is 16.5 Å². The quantitative estimate of drug-likeness (QED) is 0.568. The molecule has 2 aromatic carbocycles. The Kier molecular flexibility index (Phi) is 3.31. The third-order valence-electron chi connectivity index (χ3n) is 4.10. The van der Waals surface area contributed by atoms with Gasteiger partial charge in [-0.25, -0.2) is 4.39 Å². The Bertz CT molecular complexity index is 951. The van der Waals surface area contributed by atoms with Crippen LogP contribution in [0.2, 0.25) is 5.02 Å². The van der Waals surface area contributed by atoms with Gasteiger partial charge in [-0.05, 0) is 47.0 Å². The van der Waals surface area contributed by atoms with E-state index in [1.807, 2.05) is 18.2 Å². The van der Waals surface area contributed by atoms with Crippen molar-refractivity contribution in [3.63, 3.8) is 0 Å². The smallest absolute Gasteiger partial charge is 0.149 e. The molecular formula is C19H13ClFNO. The van der Waals surface area contributed by atoms with Crippen molar-refractivity contribution in [3.8, 4) is 5.75 Å². The fourth-order valence-electron chi connectivity index (χ4n) is 3.00. The lowest BCUT2D eigenvalue weighted by molar-refractivity contribution is 0.305. The first-order chi connectivity index (χ1) is 11.1. The molecule has 23 heavy (non-hydrogen) atoms. The van der Waals surface area contributed by atoms with Crippen LogP contribution in [-0.4, -0.2) is 4.98 Å². The number of ether oxygens (including phenoxy) is 1. The molecule has 3 aromatic rings. The second kappa shape index (κ2) is 5.36. The normalized spacial score (nSPS) is 13.7. The monoisotopic (exact) mass is 325 g/mol. The van der Waals surface area contributed by atoms with Crippen molar-refractivity contribution in [2.45, 2.75) is 13.0 Å². The Morgan fingerprint density at radius 3 is 2.91 bits per heavy atom. The van der Waals surface area contributed by atoms with Gasteiger partial charge in [0.05, 0.1) is 5.02 Å². The Labute approximate surface area is 138 Å². The van der Waals surface area contributed by atoms with Crippen LogP contribution in [0.1, 0.15) is 16.7 Å². The van der Waals surface area contributed by atoms with Crippen molar-refractivity contribution in [1.29, 1.82) is 0 Å². The van der Waals surface area contributed by atoms with E-state index in [0.29, 0.717) is 18.1 Å². The molecular weight excluding hydrogens is 313 g/mol.